The van der Waals surface area contributed by atoms with Crippen LogP contribution in [0.25, 0.3) is 0 Å². The summed E-state index contributed by atoms with van der Waals surface area (Å²) in [6.07, 6.45) is 0. The standard InChI is InChI=1S/C11H12ClFN2O/c1-16-6-5-15-10(7-14)8-3-2-4-9(12)11(8)13/h2-4,10,15H,5-6H2,1H3. The lowest BCUT2D eigenvalue weighted by atomic mass is 10.1. The highest BCUT2D eigenvalue weighted by molar-refractivity contribution is 6.30. The van der Waals surface area contributed by atoms with Crippen molar-refractivity contribution in [3.63, 3.8) is 0 Å². The Morgan fingerprint density at radius 2 is 2.38 bits per heavy atom. The van der Waals surface area contributed by atoms with Gasteiger partial charge in [-0.25, -0.2) is 4.39 Å². The van der Waals surface area contributed by atoms with Crippen LogP contribution in [0.1, 0.15) is 11.6 Å². The average Bonchev–Trinajstić information content (AvgIpc) is 2.29. The lowest BCUT2D eigenvalue weighted by molar-refractivity contribution is 0.197. The van der Waals surface area contributed by atoms with E-state index in [9.17, 15) is 4.39 Å². The van der Waals surface area contributed by atoms with Gasteiger partial charge >= 0.3 is 0 Å². The summed E-state index contributed by atoms with van der Waals surface area (Å²) < 4.78 is 18.4. The third-order valence-corrected chi connectivity index (χ3v) is 2.37. The number of hydrogen-bond acceptors (Lipinski definition) is 3. The molecule has 0 aliphatic rings. The van der Waals surface area contributed by atoms with E-state index in [1.165, 1.54) is 12.1 Å². The molecule has 0 saturated carbocycles. The topological polar surface area (TPSA) is 45.0 Å². The van der Waals surface area contributed by atoms with E-state index in [1.807, 2.05) is 6.07 Å². The molecule has 0 bridgehead atoms. The van der Waals surface area contributed by atoms with Crippen molar-refractivity contribution >= 4 is 11.6 Å². The first-order valence-electron chi connectivity index (χ1n) is 4.76. The second-order valence-electron chi connectivity index (χ2n) is 3.15. The predicted octanol–water partition coefficient (Wildman–Crippen LogP) is 2.28. The van der Waals surface area contributed by atoms with E-state index in [2.05, 4.69) is 5.32 Å². The van der Waals surface area contributed by atoms with Gasteiger partial charge in [-0.15, -0.1) is 0 Å². The van der Waals surface area contributed by atoms with Gasteiger partial charge < -0.3 is 4.74 Å². The molecular weight excluding hydrogens is 231 g/mol. The number of nitrogens with zero attached hydrogens (tertiary/aromatic N) is 1. The molecule has 0 spiro atoms. The van der Waals surface area contributed by atoms with E-state index in [-0.39, 0.29) is 10.6 Å². The minimum atomic E-state index is -0.714. The summed E-state index contributed by atoms with van der Waals surface area (Å²) in [5.41, 5.74) is 0.256. The van der Waals surface area contributed by atoms with Gasteiger partial charge in [0, 0.05) is 19.2 Å². The third-order valence-electron chi connectivity index (χ3n) is 2.08. The number of hydrogen-bond donors (Lipinski definition) is 1. The minimum Gasteiger partial charge on any atom is -0.383 e. The van der Waals surface area contributed by atoms with Crippen LogP contribution in [-0.2, 0) is 4.74 Å². The first kappa shape index (κ1) is 12.9. The van der Waals surface area contributed by atoms with E-state index >= 15 is 0 Å². The highest BCUT2D eigenvalue weighted by atomic mass is 35.5. The Balaban J connectivity index is 2.80. The Labute approximate surface area is 98.8 Å². The molecule has 0 aromatic heterocycles. The van der Waals surface area contributed by atoms with Crippen LogP contribution in [0.2, 0.25) is 5.02 Å². The first-order valence-corrected chi connectivity index (χ1v) is 5.14. The van der Waals surface area contributed by atoms with E-state index < -0.39 is 11.9 Å². The molecule has 16 heavy (non-hydrogen) atoms. The van der Waals surface area contributed by atoms with Crippen molar-refractivity contribution in [1.82, 2.24) is 5.32 Å². The normalized spacial score (nSPS) is 12.1. The van der Waals surface area contributed by atoms with Crippen molar-refractivity contribution in [3.05, 3.63) is 34.6 Å². The zero-order valence-electron chi connectivity index (χ0n) is 8.84. The molecule has 0 fully saturated rings. The van der Waals surface area contributed by atoms with Gasteiger partial charge in [0.25, 0.3) is 0 Å². The fraction of sp³-hybridized carbons (Fsp3) is 0.364. The Hall–Kier alpha value is -1.15. The van der Waals surface area contributed by atoms with Crippen molar-refractivity contribution in [2.24, 2.45) is 0 Å². The van der Waals surface area contributed by atoms with Crippen LogP contribution >= 0.6 is 11.6 Å². The Kier molecular flexibility index (Phi) is 5.20. The van der Waals surface area contributed by atoms with Crippen LogP contribution < -0.4 is 5.32 Å². The van der Waals surface area contributed by atoms with Crippen molar-refractivity contribution in [2.45, 2.75) is 6.04 Å². The van der Waals surface area contributed by atoms with E-state index in [4.69, 9.17) is 21.6 Å². The van der Waals surface area contributed by atoms with E-state index in [0.717, 1.165) is 0 Å². The number of benzene rings is 1. The maximum atomic E-state index is 13.6. The molecule has 3 nitrogen and oxygen atoms in total. The zero-order valence-corrected chi connectivity index (χ0v) is 9.59. The number of nitrogens with one attached hydrogen (secondary N) is 1. The summed E-state index contributed by atoms with van der Waals surface area (Å²) in [5, 5.41) is 11.8. The molecule has 0 radical (unpaired) electrons. The molecule has 5 heteroatoms. The minimum absolute atomic E-state index is 0.0197. The molecule has 0 aliphatic carbocycles. The van der Waals surface area contributed by atoms with Gasteiger partial charge in [-0.1, -0.05) is 23.7 Å². The molecule has 1 rings (SSSR count). The average molecular weight is 243 g/mol. The molecule has 86 valence electrons. The number of halogens is 2. The Bertz CT molecular complexity index is 392. The van der Waals surface area contributed by atoms with Gasteiger partial charge in [-0.2, -0.15) is 5.26 Å². The Morgan fingerprint density at radius 3 is 3.00 bits per heavy atom. The monoisotopic (exact) mass is 242 g/mol. The summed E-state index contributed by atoms with van der Waals surface area (Å²) in [6.45, 7) is 0.932. The molecule has 0 saturated heterocycles. The fourth-order valence-electron chi connectivity index (χ4n) is 1.27. The summed E-state index contributed by atoms with van der Waals surface area (Å²) in [7, 11) is 1.56. The molecule has 1 atom stereocenters. The molecule has 0 amide bonds. The van der Waals surface area contributed by atoms with Gasteiger partial charge in [0.05, 0.1) is 17.7 Å². The molecule has 0 aliphatic heterocycles. The maximum Gasteiger partial charge on any atom is 0.147 e. The SMILES string of the molecule is COCCNC(C#N)c1cccc(Cl)c1F. The number of rotatable bonds is 5. The molecule has 1 aromatic rings. The fourth-order valence-corrected chi connectivity index (χ4v) is 1.46. The van der Waals surface area contributed by atoms with Crippen LogP contribution in [0.5, 0.6) is 0 Å². The summed E-state index contributed by atoms with van der Waals surface area (Å²) >= 11 is 5.64. The largest absolute Gasteiger partial charge is 0.383 e. The number of methoxy groups -OCH3 is 1. The van der Waals surface area contributed by atoms with Crippen LogP contribution in [0.15, 0.2) is 18.2 Å². The van der Waals surface area contributed by atoms with Crippen molar-refractivity contribution < 1.29 is 9.13 Å². The van der Waals surface area contributed by atoms with Gasteiger partial charge in [0.15, 0.2) is 0 Å². The predicted molar refractivity (Wildman–Crippen MR) is 59.6 cm³/mol. The van der Waals surface area contributed by atoms with Crippen molar-refractivity contribution in [3.8, 4) is 6.07 Å². The highest BCUT2D eigenvalue weighted by Crippen LogP contribution is 2.22. The molecule has 1 aromatic carbocycles. The number of ether oxygens (including phenoxy) is 1. The van der Waals surface area contributed by atoms with Crippen molar-refractivity contribution in [1.29, 1.82) is 5.26 Å². The summed E-state index contributed by atoms with van der Waals surface area (Å²) in [4.78, 5) is 0. The second kappa shape index (κ2) is 6.44. The molecular formula is C11H12ClFN2O. The second-order valence-corrected chi connectivity index (χ2v) is 3.56. The lowest BCUT2D eigenvalue weighted by Gasteiger charge is -2.12. The van der Waals surface area contributed by atoms with Crippen LogP contribution in [0, 0.1) is 17.1 Å². The first-order chi connectivity index (χ1) is 7.70. The smallest absolute Gasteiger partial charge is 0.147 e. The van der Waals surface area contributed by atoms with E-state index in [0.29, 0.717) is 13.2 Å². The molecule has 1 unspecified atom stereocenters. The quantitative estimate of drug-likeness (QED) is 0.806. The van der Waals surface area contributed by atoms with Gasteiger partial charge in [-0.3, -0.25) is 5.32 Å². The number of nitriles is 1. The summed E-state index contributed by atoms with van der Waals surface area (Å²) in [6, 6.07) is 5.87. The van der Waals surface area contributed by atoms with Crippen LogP contribution in [0.3, 0.4) is 0 Å². The van der Waals surface area contributed by atoms with Gasteiger partial charge in [0.2, 0.25) is 0 Å². The molecule has 0 heterocycles. The van der Waals surface area contributed by atoms with Crippen LogP contribution in [-0.4, -0.2) is 20.3 Å². The third kappa shape index (κ3) is 3.17. The van der Waals surface area contributed by atoms with Gasteiger partial charge in [-0.05, 0) is 6.07 Å². The van der Waals surface area contributed by atoms with Crippen molar-refractivity contribution in [2.75, 3.05) is 20.3 Å². The maximum absolute atomic E-state index is 13.6. The lowest BCUT2D eigenvalue weighted by Crippen LogP contribution is -2.24. The van der Waals surface area contributed by atoms with E-state index in [1.54, 1.807) is 13.2 Å². The highest BCUT2D eigenvalue weighted by Gasteiger charge is 2.15. The summed E-state index contributed by atoms with van der Waals surface area (Å²) in [5.74, 6) is -0.555. The molecule has 1 N–H and O–H groups in total. The zero-order chi connectivity index (χ0) is 12.0. The van der Waals surface area contributed by atoms with Crippen LogP contribution in [0.4, 0.5) is 4.39 Å². The van der Waals surface area contributed by atoms with Gasteiger partial charge in [0.1, 0.15) is 11.9 Å². The Morgan fingerprint density at radius 1 is 1.62 bits per heavy atom.